The number of benzene rings is 1. The van der Waals surface area contributed by atoms with E-state index in [9.17, 15) is 9.59 Å². The molecule has 4 aromatic rings. The van der Waals surface area contributed by atoms with Crippen LogP contribution in [0.15, 0.2) is 36.5 Å². The van der Waals surface area contributed by atoms with Gasteiger partial charge in [-0.2, -0.15) is 0 Å². The van der Waals surface area contributed by atoms with Gasteiger partial charge in [-0.1, -0.05) is 0 Å². The quantitative estimate of drug-likeness (QED) is 0.405. The number of likely N-dealkylation sites (N-methyl/N-ethyl adjacent to an activating group) is 1. The fourth-order valence-corrected chi connectivity index (χ4v) is 4.93. The molecule has 0 saturated carbocycles. The van der Waals surface area contributed by atoms with Gasteiger partial charge in [0, 0.05) is 56.1 Å². The van der Waals surface area contributed by atoms with Crippen LogP contribution in [-0.2, 0) is 13.7 Å². The molecule has 0 unspecified atom stereocenters. The van der Waals surface area contributed by atoms with Crippen molar-refractivity contribution in [3.63, 3.8) is 0 Å². The van der Waals surface area contributed by atoms with Crippen LogP contribution in [0.1, 0.15) is 31.3 Å². The normalized spacial score (nSPS) is 11.4. The Hall–Kier alpha value is -3.43. The van der Waals surface area contributed by atoms with Gasteiger partial charge in [0.15, 0.2) is 0 Å². The number of hydrogen-bond donors (Lipinski definition) is 2. The summed E-state index contributed by atoms with van der Waals surface area (Å²) < 4.78 is 9.06. The Balaban J connectivity index is 1.54. The lowest BCUT2D eigenvalue weighted by molar-refractivity contribution is 0.0950. The van der Waals surface area contributed by atoms with Crippen LogP contribution in [0.3, 0.4) is 0 Å². The molecule has 2 N–H and O–H groups in total. The predicted octanol–water partition coefficient (Wildman–Crippen LogP) is 3.33. The van der Waals surface area contributed by atoms with E-state index in [0.29, 0.717) is 29.3 Å². The zero-order chi connectivity index (χ0) is 24.4. The number of rotatable bonds is 8. The summed E-state index contributed by atoms with van der Waals surface area (Å²) in [6, 6.07) is 9.50. The third-order valence-corrected chi connectivity index (χ3v) is 7.07. The molecule has 3 aromatic heterocycles. The van der Waals surface area contributed by atoms with Crippen LogP contribution < -0.4 is 15.4 Å². The topological polar surface area (TPSA) is 88.5 Å². The van der Waals surface area contributed by atoms with Crippen molar-refractivity contribution in [2.45, 2.75) is 13.5 Å². The standard InChI is InChI=1S/C25H29N5O3S/c1-15-22(25(32)26-2)18-7-6-17(12-20(18)30(15)5)33-14-16-8-9-27-19-13-21(34-23(16)19)24(31)28-10-11-29(3)4/h6-9,12-13H,10-11,14H2,1-5H3,(H,26,32)(H,28,31). The van der Waals surface area contributed by atoms with Gasteiger partial charge in [-0.25, -0.2) is 0 Å². The maximum absolute atomic E-state index is 12.5. The summed E-state index contributed by atoms with van der Waals surface area (Å²) >= 11 is 1.43. The molecule has 0 aliphatic heterocycles. The first-order valence-corrected chi connectivity index (χ1v) is 11.9. The molecule has 9 heteroatoms. The summed E-state index contributed by atoms with van der Waals surface area (Å²) in [7, 11) is 7.52. The molecule has 0 radical (unpaired) electrons. The number of thiophene rings is 1. The third kappa shape index (κ3) is 4.62. The molecule has 1 aromatic carbocycles. The number of pyridine rings is 1. The van der Waals surface area contributed by atoms with E-state index in [0.717, 1.165) is 38.9 Å². The second-order valence-electron chi connectivity index (χ2n) is 8.42. The Bertz CT molecular complexity index is 1370. The van der Waals surface area contributed by atoms with E-state index in [2.05, 4.69) is 15.6 Å². The Kier molecular flexibility index (Phi) is 6.85. The number of aryl methyl sites for hydroxylation is 1. The molecule has 0 aliphatic rings. The molecular weight excluding hydrogens is 450 g/mol. The van der Waals surface area contributed by atoms with Crippen LogP contribution in [0.4, 0.5) is 0 Å². The van der Waals surface area contributed by atoms with Gasteiger partial charge in [-0.3, -0.25) is 14.6 Å². The summed E-state index contributed by atoms with van der Waals surface area (Å²) in [6.07, 6.45) is 1.74. The number of fused-ring (bicyclic) bond motifs is 2. The van der Waals surface area contributed by atoms with Crippen molar-refractivity contribution >= 4 is 44.3 Å². The zero-order valence-corrected chi connectivity index (χ0v) is 20.9. The van der Waals surface area contributed by atoms with Crippen LogP contribution >= 0.6 is 11.3 Å². The largest absolute Gasteiger partial charge is 0.489 e. The second-order valence-corrected chi connectivity index (χ2v) is 9.47. The molecule has 3 heterocycles. The monoisotopic (exact) mass is 479 g/mol. The van der Waals surface area contributed by atoms with Crippen molar-refractivity contribution in [2.24, 2.45) is 7.05 Å². The van der Waals surface area contributed by atoms with Gasteiger partial charge in [-0.15, -0.1) is 11.3 Å². The zero-order valence-electron chi connectivity index (χ0n) is 20.1. The van der Waals surface area contributed by atoms with Gasteiger partial charge in [-0.05, 0) is 45.3 Å². The summed E-state index contributed by atoms with van der Waals surface area (Å²) in [5.41, 5.74) is 4.26. The van der Waals surface area contributed by atoms with Crippen LogP contribution in [0.2, 0.25) is 0 Å². The summed E-state index contributed by atoms with van der Waals surface area (Å²) in [4.78, 5) is 31.9. The number of carbonyl (C=O) groups is 2. The van der Waals surface area contributed by atoms with Crippen molar-refractivity contribution in [1.29, 1.82) is 0 Å². The van der Waals surface area contributed by atoms with Crippen LogP contribution in [0.25, 0.3) is 21.1 Å². The SMILES string of the molecule is CNC(=O)c1c(C)n(C)c2cc(OCc3ccnc4cc(C(=O)NCCN(C)C)sc34)ccc12. The molecule has 0 bridgehead atoms. The highest BCUT2D eigenvalue weighted by Crippen LogP contribution is 2.31. The first kappa shape index (κ1) is 23.7. The van der Waals surface area contributed by atoms with Gasteiger partial charge in [0.1, 0.15) is 12.4 Å². The van der Waals surface area contributed by atoms with Gasteiger partial charge in [0.05, 0.1) is 26.2 Å². The second kappa shape index (κ2) is 9.82. The lowest BCUT2D eigenvalue weighted by Gasteiger charge is -2.09. The maximum Gasteiger partial charge on any atom is 0.261 e. The van der Waals surface area contributed by atoms with E-state index in [-0.39, 0.29) is 11.8 Å². The van der Waals surface area contributed by atoms with E-state index in [1.807, 2.05) is 67.9 Å². The molecule has 2 amide bonds. The predicted molar refractivity (Wildman–Crippen MR) is 136 cm³/mol. The lowest BCUT2D eigenvalue weighted by atomic mass is 10.1. The minimum absolute atomic E-state index is 0.0897. The van der Waals surface area contributed by atoms with Crippen LogP contribution in [-0.4, -0.2) is 60.5 Å². The van der Waals surface area contributed by atoms with E-state index in [1.165, 1.54) is 11.3 Å². The number of ether oxygens (including phenoxy) is 1. The maximum atomic E-state index is 12.5. The Morgan fingerprint density at radius 1 is 1.18 bits per heavy atom. The van der Waals surface area contributed by atoms with Crippen molar-refractivity contribution < 1.29 is 14.3 Å². The van der Waals surface area contributed by atoms with Crippen LogP contribution in [0.5, 0.6) is 5.75 Å². The number of aromatic nitrogens is 2. The van der Waals surface area contributed by atoms with Crippen molar-refractivity contribution in [1.82, 2.24) is 25.1 Å². The van der Waals surface area contributed by atoms with Crippen molar-refractivity contribution in [3.8, 4) is 5.75 Å². The molecule has 34 heavy (non-hydrogen) atoms. The summed E-state index contributed by atoms with van der Waals surface area (Å²) in [6.45, 7) is 3.65. The van der Waals surface area contributed by atoms with E-state index in [4.69, 9.17) is 4.74 Å². The first-order chi connectivity index (χ1) is 16.3. The fraction of sp³-hybridized carbons (Fsp3) is 0.320. The molecule has 8 nitrogen and oxygen atoms in total. The van der Waals surface area contributed by atoms with Gasteiger partial charge >= 0.3 is 0 Å². The lowest BCUT2D eigenvalue weighted by Crippen LogP contribution is -2.30. The smallest absolute Gasteiger partial charge is 0.261 e. The number of nitrogens with zero attached hydrogens (tertiary/aromatic N) is 3. The Labute approximate surface area is 202 Å². The Morgan fingerprint density at radius 2 is 1.97 bits per heavy atom. The van der Waals surface area contributed by atoms with Crippen molar-refractivity contribution in [2.75, 3.05) is 34.2 Å². The molecule has 0 aliphatic carbocycles. The molecule has 0 spiro atoms. The Morgan fingerprint density at radius 3 is 2.71 bits per heavy atom. The summed E-state index contributed by atoms with van der Waals surface area (Å²) in [5, 5.41) is 6.55. The highest BCUT2D eigenvalue weighted by atomic mass is 32.1. The number of carbonyl (C=O) groups excluding carboxylic acids is 2. The first-order valence-electron chi connectivity index (χ1n) is 11.0. The average molecular weight is 480 g/mol. The summed E-state index contributed by atoms with van der Waals surface area (Å²) in [5.74, 6) is 0.517. The minimum atomic E-state index is -0.102. The molecule has 178 valence electrons. The van der Waals surface area contributed by atoms with Crippen molar-refractivity contribution in [3.05, 3.63) is 58.2 Å². The van der Waals surface area contributed by atoms with E-state index in [1.54, 1.807) is 13.2 Å². The number of nitrogens with one attached hydrogen (secondary N) is 2. The average Bonchev–Trinajstić information content (AvgIpc) is 3.37. The third-order valence-electron chi connectivity index (χ3n) is 5.88. The van der Waals surface area contributed by atoms with E-state index >= 15 is 0 Å². The molecule has 4 rings (SSSR count). The highest BCUT2D eigenvalue weighted by Gasteiger charge is 2.18. The highest BCUT2D eigenvalue weighted by molar-refractivity contribution is 7.21. The fourth-order valence-electron chi connectivity index (χ4n) is 3.90. The molecule has 0 saturated heterocycles. The number of amides is 2. The number of hydrogen-bond acceptors (Lipinski definition) is 6. The minimum Gasteiger partial charge on any atom is -0.489 e. The van der Waals surface area contributed by atoms with Crippen LogP contribution in [0, 0.1) is 6.92 Å². The van der Waals surface area contributed by atoms with E-state index < -0.39 is 0 Å². The van der Waals surface area contributed by atoms with Gasteiger partial charge < -0.3 is 24.8 Å². The molecule has 0 fully saturated rings. The molecular formula is C25H29N5O3S. The van der Waals surface area contributed by atoms with Gasteiger partial charge in [0.2, 0.25) is 0 Å². The van der Waals surface area contributed by atoms with Gasteiger partial charge in [0.25, 0.3) is 11.8 Å². The molecule has 0 atom stereocenters.